The predicted molar refractivity (Wildman–Crippen MR) is 216 cm³/mol. The molecular formula is C52H44Pt2. The van der Waals surface area contributed by atoms with Gasteiger partial charge in [-0.15, -0.1) is 18.1 Å². The Balaban J connectivity index is 0.000000270. The van der Waals surface area contributed by atoms with E-state index < -0.39 is 0 Å². The third kappa shape index (κ3) is 12.9. The summed E-state index contributed by atoms with van der Waals surface area (Å²) in [6.45, 7) is 0. The molecule has 1 unspecified atom stereocenters. The fourth-order valence-corrected chi connectivity index (χ4v) is 6.23. The van der Waals surface area contributed by atoms with Gasteiger partial charge in [0.2, 0.25) is 0 Å². The second kappa shape index (κ2) is 22.8. The van der Waals surface area contributed by atoms with Crippen LogP contribution in [0.15, 0.2) is 152 Å². The molecule has 6 aromatic rings. The van der Waals surface area contributed by atoms with E-state index in [4.69, 9.17) is 0 Å². The van der Waals surface area contributed by atoms with E-state index in [-0.39, 0.29) is 62.9 Å². The van der Waals surface area contributed by atoms with E-state index in [9.17, 15) is 0 Å². The van der Waals surface area contributed by atoms with Crippen LogP contribution < -0.4 is 0 Å². The van der Waals surface area contributed by atoms with Crippen LogP contribution in [0.5, 0.6) is 0 Å². The minimum atomic E-state index is 0. The van der Waals surface area contributed by atoms with Crippen LogP contribution >= 0.6 is 0 Å². The van der Waals surface area contributed by atoms with Crippen molar-refractivity contribution in [2.75, 3.05) is 0 Å². The van der Waals surface area contributed by atoms with Gasteiger partial charge in [-0.05, 0) is 25.7 Å². The van der Waals surface area contributed by atoms with Crippen molar-refractivity contribution in [1.29, 1.82) is 0 Å². The molecule has 0 amide bonds. The van der Waals surface area contributed by atoms with Gasteiger partial charge in [0.15, 0.2) is 0 Å². The zero-order chi connectivity index (χ0) is 33.8. The summed E-state index contributed by atoms with van der Waals surface area (Å²) in [6.07, 6.45) is 21.3. The summed E-state index contributed by atoms with van der Waals surface area (Å²) in [7, 11) is 0. The molecular weight excluding hydrogens is 1010 g/mol. The molecule has 1 atom stereocenters. The maximum absolute atomic E-state index is 3.56. The summed E-state index contributed by atoms with van der Waals surface area (Å²) in [5, 5.41) is 0. The molecule has 0 heterocycles. The quantitative estimate of drug-likeness (QED) is 0.120. The third-order valence-corrected chi connectivity index (χ3v) is 8.67. The summed E-state index contributed by atoms with van der Waals surface area (Å²) >= 11 is 0. The van der Waals surface area contributed by atoms with Crippen LogP contribution in [-0.2, 0) is 67.8 Å². The number of rotatable bonds is 10. The molecule has 0 saturated carbocycles. The predicted octanol–water partition coefficient (Wildman–Crippen LogP) is 12.0. The van der Waals surface area contributed by atoms with Crippen molar-refractivity contribution in [1.82, 2.24) is 0 Å². The van der Waals surface area contributed by atoms with Crippen molar-refractivity contribution in [2.24, 2.45) is 0 Å². The second-order valence-electron chi connectivity index (χ2n) is 12.5. The Morgan fingerprint density at radius 2 is 0.981 bits per heavy atom. The van der Waals surface area contributed by atoms with Gasteiger partial charge in [-0.1, -0.05) is 20.8 Å². The summed E-state index contributed by atoms with van der Waals surface area (Å²) in [6, 6.07) is 62.5. The van der Waals surface area contributed by atoms with E-state index in [0.29, 0.717) is 0 Å². The van der Waals surface area contributed by atoms with Gasteiger partial charge in [-0.25, -0.2) is 35.4 Å². The Hall–Kier alpha value is -4.34. The largest absolute Gasteiger partial charge is 4.00 e. The van der Waals surface area contributed by atoms with Crippen molar-refractivity contribution in [3.05, 3.63) is 256 Å². The molecule has 0 aromatic heterocycles. The van der Waals surface area contributed by atoms with E-state index in [1.54, 1.807) is 0 Å². The van der Waals surface area contributed by atoms with Gasteiger partial charge in [-0.2, -0.15) is 208 Å². The zero-order valence-electron chi connectivity index (χ0n) is 28.7. The van der Waals surface area contributed by atoms with Gasteiger partial charge < -0.3 is 0 Å². The van der Waals surface area contributed by atoms with Crippen LogP contribution in [0.25, 0.3) is 5.57 Å². The normalized spacial score (nSPS) is 13.3. The van der Waals surface area contributed by atoms with Crippen molar-refractivity contribution in [3.8, 4) is 0 Å². The van der Waals surface area contributed by atoms with Gasteiger partial charge in [-0.3, -0.25) is 6.08 Å². The van der Waals surface area contributed by atoms with Crippen molar-refractivity contribution < 1.29 is 42.1 Å². The fourth-order valence-electron chi connectivity index (χ4n) is 6.23. The summed E-state index contributed by atoms with van der Waals surface area (Å²) in [5.74, 6) is 0.240. The SMILES string of the molecule is C.C.[C-]1=C(c2[c-]c(Cc3[c-]c(Cc4[c-]cccc4)ccc3)ccc2)CC=C1.[C-]1=CC=CC1c1[c-]c(Cc2[c-]c(Cc3[c-]cccc3)ccc2)ccc1.[Pt+4].[Pt+4]. The molecule has 0 spiro atoms. The molecule has 0 nitrogen and oxygen atoms in total. The number of allylic oxidation sites excluding steroid dienone is 8. The molecule has 54 heavy (non-hydrogen) atoms. The molecule has 2 aliphatic carbocycles. The minimum Gasteiger partial charge on any atom is -0.267 e. The minimum absolute atomic E-state index is 0. The average molecular weight is 1060 g/mol. The number of benzene rings is 6. The standard InChI is InChI=1S/2C25H18.2CH4.2Pt/c2*1-2-8-20(9-3-1)16-21-10-6-11-22(17-21)18-23-12-7-15-25(19-23)24-13-4-5-14-24;;;;/h1-8,10-12,15H,13,16,18H2;1-8,10-13,15,24H,16,18H2;2*1H4;;/q2*-4;;;2*+4. The van der Waals surface area contributed by atoms with E-state index in [2.05, 4.69) is 158 Å². The number of hydrogen-bond donors (Lipinski definition) is 0. The molecule has 0 aliphatic heterocycles. The first-order chi connectivity index (χ1) is 24.7. The van der Waals surface area contributed by atoms with Gasteiger partial charge in [0.1, 0.15) is 0 Å². The van der Waals surface area contributed by atoms with Gasteiger partial charge >= 0.3 is 42.1 Å². The van der Waals surface area contributed by atoms with Crippen LogP contribution in [-0.4, -0.2) is 0 Å². The van der Waals surface area contributed by atoms with Crippen LogP contribution in [0.2, 0.25) is 0 Å². The Bertz CT molecular complexity index is 2120. The van der Waals surface area contributed by atoms with Crippen LogP contribution in [0.1, 0.15) is 82.8 Å². The zero-order valence-corrected chi connectivity index (χ0v) is 33.2. The second-order valence-corrected chi connectivity index (χ2v) is 12.5. The first kappa shape index (κ1) is 44.1. The molecule has 0 saturated heterocycles. The van der Waals surface area contributed by atoms with E-state index in [1.165, 1.54) is 55.6 Å². The van der Waals surface area contributed by atoms with Gasteiger partial charge in [0.25, 0.3) is 0 Å². The monoisotopic (exact) mass is 1060 g/mol. The van der Waals surface area contributed by atoms with Crippen LogP contribution in [0, 0.1) is 48.6 Å². The first-order valence-electron chi connectivity index (χ1n) is 17.2. The van der Waals surface area contributed by atoms with E-state index in [0.717, 1.165) is 37.7 Å². The van der Waals surface area contributed by atoms with Gasteiger partial charge in [0.05, 0.1) is 0 Å². The first-order valence-corrected chi connectivity index (χ1v) is 17.2. The molecule has 0 fully saturated rings. The van der Waals surface area contributed by atoms with Crippen LogP contribution in [0.3, 0.4) is 0 Å². The Kier molecular flexibility index (Phi) is 18.6. The molecule has 0 radical (unpaired) electrons. The topological polar surface area (TPSA) is 0 Å². The molecule has 0 bridgehead atoms. The average Bonchev–Trinajstić information content (AvgIpc) is 3.90. The Morgan fingerprint density at radius 3 is 1.46 bits per heavy atom. The molecule has 6 aromatic carbocycles. The Labute approximate surface area is 354 Å². The van der Waals surface area contributed by atoms with Crippen molar-refractivity contribution >= 4 is 5.57 Å². The molecule has 2 aliphatic rings. The maximum Gasteiger partial charge on any atom is 4.00 e. The van der Waals surface area contributed by atoms with Crippen molar-refractivity contribution in [2.45, 2.75) is 52.9 Å². The van der Waals surface area contributed by atoms with Crippen LogP contribution in [0.4, 0.5) is 0 Å². The summed E-state index contributed by atoms with van der Waals surface area (Å²) in [4.78, 5) is 0. The molecule has 272 valence electrons. The van der Waals surface area contributed by atoms with Gasteiger partial charge in [0, 0.05) is 0 Å². The maximum atomic E-state index is 3.56. The molecule has 0 N–H and O–H groups in total. The molecule has 2 heteroatoms. The van der Waals surface area contributed by atoms with Crippen molar-refractivity contribution in [3.63, 3.8) is 0 Å². The number of hydrogen-bond acceptors (Lipinski definition) is 0. The van der Waals surface area contributed by atoms with E-state index in [1.807, 2.05) is 42.5 Å². The fraction of sp³-hybridized carbons (Fsp3) is 0.154. The molecule has 8 rings (SSSR count). The third-order valence-electron chi connectivity index (χ3n) is 8.67. The van der Waals surface area contributed by atoms with E-state index >= 15 is 0 Å². The Morgan fingerprint density at radius 1 is 0.500 bits per heavy atom. The summed E-state index contributed by atoms with van der Waals surface area (Å²) < 4.78 is 0. The smallest absolute Gasteiger partial charge is 0.267 e. The summed E-state index contributed by atoms with van der Waals surface area (Å²) in [5.41, 5.74) is 13.1.